The molecule has 0 aliphatic heterocycles. The summed E-state index contributed by atoms with van der Waals surface area (Å²) in [5.41, 5.74) is 0. The first-order valence-electron chi connectivity index (χ1n) is 12.6. The van der Waals surface area contributed by atoms with E-state index in [1.807, 2.05) is 0 Å². The molecule has 50 heavy (non-hydrogen) atoms. The first kappa shape index (κ1) is 204. The van der Waals surface area contributed by atoms with Gasteiger partial charge < -0.3 is 10.2 Å². The Kier molecular flexibility index (Phi) is 18700. The molecule has 0 radical (unpaired) electrons. The maximum Gasteiger partial charge on any atom is 0.0662 e. The smallest absolute Gasteiger partial charge is 0.0662 e. The Balaban J connectivity index is -0.00000000643. The summed E-state index contributed by atoms with van der Waals surface area (Å²) in [4.78, 5) is 0. The molecule has 0 rings (SSSR count). The summed E-state index contributed by atoms with van der Waals surface area (Å²) < 4.78 is 0. The molecule has 0 amide bonds. The lowest BCUT2D eigenvalue weighted by Crippen LogP contribution is -1.85. The zero-order chi connectivity index (χ0) is 49.4. The lowest BCUT2D eigenvalue weighted by atomic mass is 10.8. The van der Waals surface area contributed by atoms with Gasteiger partial charge in [0.15, 0.2) is 0 Å². The van der Waals surface area contributed by atoms with Crippen molar-refractivity contribution in [1.82, 2.24) is 0 Å². The Hall–Kier alpha value is -6.06. The first-order chi connectivity index (χ1) is 24.9. The molecule has 0 atom stereocenters. The van der Waals surface area contributed by atoms with Gasteiger partial charge >= 0.3 is 0 Å². The van der Waals surface area contributed by atoms with Crippen molar-refractivity contribution in [3.63, 3.8) is 0 Å². The van der Waals surface area contributed by atoms with Gasteiger partial charge in [0.05, 0.1) is 13.2 Å². The van der Waals surface area contributed by atoms with Crippen LogP contribution >= 0.6 is 0 Å². The van der Waals surface area contributed by atoms with Crippen molar-refractivity contribution in [2.75, 3.05) is 13.2 Å². The third-order valence-electron chi connectivity index (χ3n) is 0.1000. The third-order valence-corrected chi connectivity index (χ3v) is 0.1000. The molecule has 0 aliphatic rings. The molecule has 2 heteroatoms. The lowest BCUT2D eigenvalue weighted by Gasteiger charge is -1.70. The van der Waals surface area contributed by atoms with Gasteiger partial charge in [-0.3, -0.25) is 0 Å². The van der Waals surface area contributed by atoms with E-state index >= 15 is 0 Å². The minimum Gasteiger partial charge on any atom is -0.394 e. The minimum absolute atomic E-state index is 0.125. The topological polar surface area (TPSA) is 40.5 Å². The van der Waals surface area contributed by atoms with Crippen LogP contribution in [0.2, 0.25) is 0 Å². The molecule has 0 spiro atoms. The molecule has 302 valence electrons. The fourth-order valence-corrected chi connectivity index (χ4v) is 0. The molecular formula is C48H98O2. The van der Waals surface area contributed by atoms with Crippen molar-refractivity contribution in [1.29, 1.82) is 0 Å². The van der Waals surface area contributed by atoms with Crippen LogP contribution in [0.15, 0.2) is 303 Å². The summed E-state index contributed by atoms with van der Waals surface area (Å²) in [6, 6.07) is 0. The summed E-state index contributed by atoms with van der Waals surface area (Å²) in [6.07, 6.45) is 0. The van der Waals surface area contributed by atoms with Gasteiger partial charge in [-0.2, -0.15) is 0 Å². The van der Waals surface area contributed by atoms with E-state index < -0.39 is 0 Å². The zero-order valence-corrected chi connectivity index (χ0v) is 34.8. The van der Waals surface area contributed by atoms with Crippen LogP contribution in [-0.2, 0) is 0 Å². The van der Waals surface area contributed by atoms with Crippen LogP contribution < -0.4 is 0 Å². The van der Waals surface area contributed by atoms with Crippen molar-refractivity contribution in [3.8, 4) is 0 Å². The van der Waals surface area contributed by atoms with E-state index in [9.17, 15) is 0 Å². The van der Waals surface area contributed by atoms with Gasteiger partial charge in [0, 0.05) is 0 Å². The Labute approximate surface area is 325 Å². The Morgan fingerprint density at radius 3 is 0.140 bits per heavy atom. The van der Waals surface area contributed by atoms with E-state index in [4.69, 9.17) is 10.2 Å². The number of rotatable bonds is 1. The average molecular weight is 707 g/mol. The van der Waals surface area contributed by atoms with Crippen LogP contribution in [0.3, 0.4) is 0 Å². The van der Waals surface area contributed by atoms with E-state index in [1.54, 1.807) is 0 Å². The van der Waals surface area contributed by atoms with Gasteiger partial charge in [-0.15, -0.1) is 303 Å². The molecule has 0 saturated heterocycles. The second kappa shape index (κ2) is 4580. The van der Waals surface area contributed by atoms with Crippen molar-refractivity contribution in [3.05, 3.63) is 303 Å². The molecule has 0 saturated carbocycles. The van der Waals surface area contributed by atoms with Gasteiger partial charge in [0.2, 0.25) is 0 Å². The average Bonchev–Trinajstić information content (AvgIpc) is 3.36. The summed E-state index contributed by atoms with van der Waals surface area (Å²) in [5, 5.41) is 15.2. The number of aliphatic hydroxyl groups is 2. The van der Waals surface area contributed by atoms with Gasteiger partial charge in [-0.05, 0) is 0 Å². The van der Waals surface area contributed by atoms with Crippen LogP contribution in [0.25, 0.3) is 0 Å². The summed E-state index contributed by atoms with van der Waals surface area (Å²) in [5.74, 6) is 0. The quantitative estimate of drug-likeness (QED) is 0.267. The van der Waals surface area contributed by atoms with Crippen molar-refractivity contribution in [2.45, 2.75) is 0 Å². The van der Waals surface area contributed by atoms with Gasteiger partial charge in [0.25, 0.3) is 0 Å². The maximum absolute atomic E-state index is 7.62. The molecule has 0 aromatic rings. The number of hydrogen-bond donors (Lipinski definition) is 2. The summed E-state index contributed by atoms with van der Waals surface area (Å²) >= 11 is 0. The standard InChI is InChI=1S/C2H6O2.23C2H4/c3-1-2-4;23*1-2/h3-4H,1-2H2;23*1-2H2. The minimum atomic E-state index is -0.125. The molecule has 0 aromatic carbocycles. The molecule has 2 nitrogen and oxygen atoms in total. The second-order valence-electron chi connectivity index (χ2n) is 0.447. The molecule has 0 unspecified atom stereocenters. The fraction of sp³-hybridized carbons (Fsp3) is 0.0417. The van der Waals surface area contributed by atoms with Crippen molar-refractivity contribution < 1.29 is 10.2 Å². The van der Waals surface area contributed by atoms with Gasteiger partial charge in [-0.25, -0.2) is 0 Å². The summed E-state index contributed by atoms with van der Waals surface area (Å²) in [7, 11) is 0. The first-order valence-corrected chi connectivity index (χ1v) is 12.6. The van der Waals surface area contributed by atoms with E-state index in [0.717, 1.165) is 0 Å². The van der Waals surface area contributed by atoms with Crippen molar-refractivity contribution in [2.24, 2.45) is 0 Å². The number of hydrogen-bond acceptors (Lipinski definition) is 2. The highest BCUT2D eigenvalue weighted by Crippen LogP contribution is 1.39. The van der Waals surface area contributed by atoms with Gasteiger partial charge in [0.1, 0.15) is 0 Å². The number of aliphatic hydroxyl groups excluding tert-OH is 2. The highest BCUT2D eigenvalue weighted by atomic mass is 16.3. The van der Waals surface area contributed by atoms with Crippen LogP contribution in [0.5, 0.6) is 0 Å². The predicted molar refractivity (Wildman–Crippen MR) is 273 cm³/mol. The molecule has 0 aromatic heterocycles. The zero-order valence-electron chi connectivity index (χ0n) is 34.8. The van der Waals surface area contributed by atoms with Crippen molar-refractivity contribution >= 4 is 0 Å². The Morgan fingerprint density at radius 2 is 0.140 bits per heavy atom. The van der Waals surface area contributed by atoms with E-state index in [0.29, 0.717) is 0 Å². The van der Waals surface area contributed by atoms with E-state index in [2.05, 4.69) is 303 Å². The molecule has 0 heterocycles. The fourth-order valence-electron chi connectivity index (χ4n) is 0. The normalized spacial score (nSPS) is 2.44. The monoisotopic (exact) mass is 707 g/mol. The predicted octanol–water partition coefficient (Wildman–Crippen LogP) is 17.4. The molecular weight excluding hydrogens is 609 g/mol. The van der Waals surface area contributed by atoms with Crippen LogP contribution in [0, 0.1) is 0 Å². The molecule has 0 bridgehead atoms. The molecule has 2 N–H and O–H groups in total. The SMILES string of the molecule is C=C.C=C.C=C.C=C.C=C.C=C.C=C.C=C.C=C.C=C.C=C.C=C.C=C.C=C.C=C.C=C.C=C.C=C.C=C.C=C.C=C.C=C.C=C.OCCO. The highest BCUT2D eigenvalue weighted by molar-refractivity contribution is 4.26. The largest absolute Gasteiger partial charge is 0.394 e. The molecule has 0 aliphatic carbocycles. The maximum atomic E-state index is 7.62. The lowest BCUT2D eigenvalue weighted by molar-refractivity contribution is 0.186. The second-order valence-corrected chi connectivity index (χ2v) is 0.447. The van der Waals surface area contributed by atoms with Crippen LogP contribution in [0.1, 0.15) is 0 Å². The van der Waals surface area contributed by atoms with E-state index in [-0.39, 0.29) is 13.2 Å². The molecule has 0 fully saturated rings. The van der Waals surface area contributed by atoms with E-state index in [1.165, 1.54) is 0 Å². The Morgan fingerprint density at radius 1 is 0.120 bits per heavy atom. The Bertz CT molecular complexity index is 138. The van der Waals surface area contributed by atoms with Crippen LogP contribution in [0.4, 0.5) is 0 Å². The third kappa shape index (κ3) is 2750. The van der Waals surface area contributed by atoms with Crippen LogP contribution in [-0.4, -0.2) is 23.4 Å². The summed E-state index contributed by atoms with van der Waals surface area (Å²) in [6.45, 7) is 138. The van der Waals surface area contributed by atoms with Gasteiger partial charge in [-0.1, -0.05) is 0 Å². The highest BCUT2D eigenvalue weighted by Gasteiger charge is 1.58.